The molecule has 7 heteroatoms. The molecule has 0 aliphatic rings. The molecule has 0 amide bonds. The van der Waals surface area contributed by atoms with Gasteiger partial charge in [0.25, 0.3) is 5.56 Å². The van der Waals surface area contributed by atoms with Crippen molar-refractivity contribution in [2.45, 2.75) is 0 Å². The topological polar surface area (TPSA) is 65.1 Å². The van der Waals surface area contributed by atoms with Crippen LogP contribution in [0, 0.1) is 0 Å². The standard InChI is InChI=1S/C40H23N5OS/c46-38-29-20-18-26(23-36(29)47-40-42-32-15-7-9-17-35(32)45(38)40)25-19-21-34-30(22-25)27-12-5-8-16-33(27)44(34)39-41-31-14-6-4-13-28(31)37(43-39)24-10-2-1-3-11-24/h1-23H. The first kappa shape index (κ1) is 26.1. The Balaban J connectivity index is 1.18. The summed E-state index contributed by atoms with van der Waals surface area (Å²) in [4.78, 5) is 29.3. The molecule has 0 saturated heterocycles. The van der Waals surface area contributed by atoms with E-state index in [4.69, 9.17) is 15.0 Å². The van der Waals surface area contributed by atoms with Gasteiger partial charge in [0.1, 0.15) is 0 Å². The van der Waals surface area contributed by atoms with Gasteiger partial charge in [0.05, 0.1) is 38.7 Å². The van der Waals surface area contributed by atoms with Crippen molar-refractivity contribution >= 4 is 70.1 Å². The molecule has 0 fully saturated rings. The maximum absolute atomic E-state index is 13.6. The average molecular weight is 622 g/mol. The number of hydrogen-bond donors (Lipinski definition) is 0. The minimum Gasteiger partial charge on any atom is -0.278 e. The second-order valence-corrected chi connectivity index (χ2v) is 12.7. The third-order valence-corrected chi connectivity index (χ3v) is 10.0. The van der Waals surface area contributed by atoms with Crippen molar-refractivity contribution in [1.29, 1.82) is 0 Å². The lowest BCUT2D eigenvalue weighted by Gasteiger charge is -2.12. The van der Waals surface area contributed by atoms with Gasteiger partial charge in [0.2, 0.25) is 5.95 Å². The summed E-state index contributed by atoms with van der Waals surface area (Å²) in [7, 11) is 0. The number of para-hydroxylation sites is 4. The van der Waals surface area contributed by atoms with Gasteiger partial charge < -0.3 is 0 Å². The van der Waals surface area contributed by atoms with Crippen molar-refractivity contribution in [3.05, 3.63) is 150 Å². The normalized spacial score (nSPS) is 11.9. The molecule has 4 aromatic heterocycles. The summed E-state index contributed by atoms with van der Waals surface area (Å²) in [6.45, 7) is 0. The number of aromatic nitrogens is 5. The van der Waals surface area contributed by atoms with Crippen LogP contribution in [0.15, 0.2) is 144 Å². The van der Waals surface area contributed by atoms with Gasteiger partial charge in [-0.3, -0.25) is 9.36 Å². The lowest BCUT2D eigenvalue weighted by atomic mass is 10.0. The predicted octanol–water partition coefficient (Wildman–Crippen LogP) is 9.44. The summed E-state index contributed by atoms with van der Waals surface area (Å²) >= 11 is 1.54. The molecule has 0 aliphatic heterocycles. The number of benzene rings is 6. The van der Waals surface area contributed by atoms with Crippen LogP contribution in [0.5, 0.6) is 0 Å². The zero-order chi connectivity index (χ0) is 31.1. The Morgan fingerprint density at radius 1 is 0.489 bits per heavy atom. The van der Waals surface area contributed by atoms with E-state index < -0.39 is 0 Å². The van der Waals surface area contributed by atoms with Gasteiger partial charge in [0, 0.05) is 26.4 Å². The lowest BCUT2D eigenvalue weighted by Crippen LogP contribution is -2.11. The van der Waals surface area contributed by atoms with Crippen molar-refractivity contribution in [3.63, 3.8) is 0 Å². The molecule has 0 N–H and O–H groups in total. The molecule has 0 radical (unpaired) electrons. The van der Waals surface area contributed by atoms with E-state index in [1.807, 2.05) is 72.8 Å². The molecule has 10 aromatic rings. The minimum absolute atomic E-state index is 0.0437. The third-order valence-electron chi connectivity index (χ3n) is 8.99. The summed E-state index contributed by atoms with van der Waals surface area (Å²) in [5.74, 6) is 0.632. The number of hydrogen-bond acceptors (Lipinski definition) is 5. The Bertz CT molecular complexity index is 2940. The van der Waals surface area contributed by atoms with Crippen LogP contribution in [0.25, 0.3) is 87.1 Å². The third kappa shape index (κ3) is 3.90. The summed E-state index contributed by atoms with van der Waals surface area (Å²) in [5, 5.41) is 3.94. The SMILES string of the molecule is O=c1c2ccc(-c3ccc4c(c3)c3ccccc3n4-c3nc(-c4ccccc4)c4ccccc4n3)cc2sc2nc3ccccc3n12. The van der Waals surface area contributed by atoms with E-state index in [1.165, 1.54) is 11.3 Å². The fourth-order valence-electron chi connectivity index (χ4n) is 6.80. The summed E-state index contributed by atoms with van der Waals surface area (Å²) < 4.78 is 4.80. The van der Waals surface area contributed by atoms with Crippen LogP contribution in [0.4, 0.5) is 0 Å². The highest BCUT2D eigenvalue weighted by Gasteiger charge is 2.18. The predicted molar refractivity (Wildman–Crippen MR) is 193 cm³/mol. The Morgan fingerprint density at radius 3 is 2.04 bits per heavy atom. The molecule has 0 spiro atoms. The van der Waals surface area contributed by atoms with Crippen molar-refractivity contribution in [2.24, 2.45) is 0 Å². The van der Waals surface area contributed by atoms with Gasteiger partial charge in [0.15, 0.2) is 4.96 Å². The summed E-state index contributed by atoms with van der Waals surface area (Å²) in [5.41, 5.74) is 8.65. The van der Waals surface area contributed by atoms with Gasteiger partial charge in [-0.05, 0) is 59.7 Å². The fourth-order valence-corrected chi connectivity index (χ4v) is 7.86. The molecule has 4 heterocycles. The molecule has 47 heavy (non-hydrogen) atoms. The van der Waals surface area contributed by atoms with Gasteiger partial charge in [-0.25, -0.2) is 19.4 Å². The van der Waals surface area contributed by atoms with E-state index in [1.54, 1.807) is 4.40 Å². The fraction of sp³-hybridized carbons (Fsp3) is 0. The molecule has 0 unspecified atom stereocenters. The Kier molecular flexibility index (Phi) is 5.50. The monoisotopic (exact) mass is 621 g/mol. The van der Waals surface area contributed by atoms with Crippen LogP contribution < -0.4 is 5.56 Å². The van der Waals surface area contributed by atoms with Crippen molar-refractivity contribution in [2.75, 3.05) is 0 Å². The van der Waals surface area contributed by atoms with E-state index >= 15 is 0 Å². The van der Waals surface area contributed by atoms with Crippen LogP contribution in [-0.2, 0) is 0 Å². The molecular weight excluding hydrogens is 599 g/mol. The first-order valence-corrected chi connectivity index (χ1v) is 16.2. The first-order chi connectivity index (χ1) is 23.2. The number of imidazole rings is 1. The highest BCUT2D eigenvalue weighted by Crippen LogP contribution is 2.37. The first-order valence-electron chi connectivity index (χ1n) is 15.4. The summed E-state index contributed by atoms with van der Waals surface area (Å²) in [6.07, 6.45) is 0. The molecule has 0 aliphatic carbocycles. The molecular formula is C40H23N5OS. The van der Waals surface area contributed by atoms with Gasteiger partial charge in [-0.1, -0.05) is 102 Å². The smallest absolute Gasteiger partial charge is 0.266 e. The van der Waals surface area contributed by atoms with Crippen molar-refractivity contribution < 1.29 is 0 Å². The molecule has 6 aromatic carbocycles. The number of fused-ring (bicyclic) bond motifs is 8. The van der Waals surface area contributed by atoms with Gasteiger partial charge in [-0.2, -0.15) is 0 Å². The molecule has 6 nitrogen and oxygen atoms in total. The zero-order valence-corrected chi connectivity index (χ0v) is 25.6. The Labute approximate surface area is 271 Å². The van der Waals surface area contributed by atoms with E-state index in [-0.39, 0.29) is 5.56 Å². The van der Waals surface area contributed by atoms with E-state index in [0.29, 0.717) is 16.3 Å². The van der Waals surface area contributed by atoms with E-state index in [0.717, 1.165) is 70.8 Å². The van der Waals surface area contributed by atoms with Crippen molar-refractivity contribution in [3.8, 4) is 28.3 Å². The molecule has 0 saturated carbocycles. The molecule has 0 atom stereocenters. The highest BCUT2D eigenvalue weighted by molar-refractivity contribution is 7.23. The van der Waals surface area contributed by atoms with Gasteiger partial charge in [-0.15, -0.1) is 0 Å². The Morgan fingerprint density at radius 2 is 1.17 bits per heavy atom. The van der Waals surface area contributed by atoms with E-state index in [2.05, 4.69) is 71.3 Å². The maximum Gasteiger partial charge on any atom is 0.266 e. The minimum atomic E-state index is -0.0437. The Hall–Kier alpha value is -6.18. The maximum atomic E-state index is 13.6. The number of rotatable bonds is 3. The molecule has 0 bridgehead atoms. The van der Waals surface area contributed by atoms with Crippen LogP contribution >= 0.6 is 11.3 Å². The van der Waals surface area contributed by atoms with Crippen LogP contribution in [0.3, 0.4) is 0 Å². The van der Waals surface area contributed by atoms with Gasteiger partial charge >= 0.3 is 0 Å². The second-order valence-electron chi connectivity index (χ2n) is 11.7. The lowest BCUT2D eigenvalue weighted by molar-refractivity contribution is 1.01. The average Bonchev–Trinajstić information content (AvgIpc) is 3.67. The van der Waals surface area contributed by atoms with E-state index in [9.17, 15) is 4.79 Å². The van der Waals surface area contributed by atoms with Crippen LogP contribution in [-0.4, -0.2) is 23.9 Å². The van der Waals surface area contributed by atoms with Crippen LogP contribution in [0.2, 0.25) is 0 Å². The summed E-state index contributed by atoms with van der Waals surface area (Å²) in [6, 6.07) is 47.3. The largest absolute Gasteiger partial charge is 0.278 e. The van der Waals surface area contributed by atoms with Crippen molar-refractivity contribution in [1.82, 2.24) is 23.9 Å². The second kappa shape index (κ2) is 9.91. The molecule has 10 rings (SSSR count). The zero-order valence-electron chi connectivity index (χ0n) is 24.8. The highest BCUT2D eigenvalue weighted by atomic mass is 32.1. The van der Waals surface area contributed by atoms with Crippen LogP contribution in [0.1, 0.15) is 0 Å². The molecule has 220 valence electrons. The number of nitrogens with zero attached hydrogens (tertiary/aromatic N) is 5. The quantitative estimate of drug-likeness (QED) is 0.197.